The summed E-state index contributed by atoms with van der Waals surface area (Å²) in [5, 5.41) is 1.11. The van der Waals surface area contributed by atoms with Crippen LogP contribution < -0.4 is 4.90 Å². The van der Waals surface area contributed by atoms with Gasteiger partial charge in [-0.3, -0.25) is 4.79 Å². The molecule has 0 aliphatic carbocycles. The maximum Gasteiger partial charge on any atom is 0.224 e. The number of carbonyl (C=O) groups excluding carboxylic acids is 1. The van der Waals surface area contributed by atoms with Gasteiger partial charge >= 0.3 is 0 Å². The van der Waals surface area contributed by atoms with Crippen molar-refractivity contribution in [1.82, 2.24) is 0 Å². The van der Waals surface area contributed by atoms with Crippen LogP contribution in [0.4, 0.5) is 10.1 Å². The van der Waals surface area contributed by atoms with E-state index in [2.05, 4.69) is 0 Å². The van der Waals surface area contributed by atoms with Crippen LogP contribution in [-0.4, -0.2) is 26.1 Å². The summed E-state index contributed by atoms with van der Waals surface area (Å²) in [4.78, 5) is 13.0. The Labute approximate surface area is 105 Å². The van der Waals surface area contributed by atoms with E-state index in [0.29, 0.717) is 5.69 Å². The third-order valence-electron chi connectivity index (χ3n) is 2.69. The van der Waals surface area contributed by atoms with E-state index in [4.69, 9.17) is 0 Å². The standard InChI is InChI=1S/C12H12FNO3S/c1-9(15)14(11-4-2-10(13)3-5-11)12-6-7-18(16,17)8-12/h2-7,12H,8H2,1H3. The largest absolute Gasteiger partial charge is 0.305 e. The molecule has 0 aromatic heterocycles. The Balaban J connectivity index is 2.33. The fourth-order valence-corrected chi connectivity index (χ4v) is 3.20. The Morgan fingerprint density at radius 1 is 1.33 bits per heavy atom. The average molecular weight is 269 g/mol. The summed E-state index contributed by atoms with van der Waals surface area (Å²) in [7, 11) is -3.24. The van der Waals surface area contributed by atoms with E-state index < -0.39 is 21.7 Å². The number of anilines is 1. The van der Waals surface area contributed by atoms with E-state index in [1.807, 2.05) is 0 Å². The van der Waals surface area contributed by atoms with Crippen LogP contribution in [0.15, 0.2) is 35.7 Å². The zero-order valence-electron chi connectivity index (χ0n) is 9.71. The van der Waals surface area contributed by atoms with Crippen molar-refractivity contribution in [2.75, 3.05) is 10.7 Å². The summed E-state index contributed by atoms with van der Waals surface area (Å²) in [5.74, 6) is -0.825. The lowest BCUT2D eigenvalue weighted by atomic mass is 10.2. The van der Waals surface area contributed by atoms with Gasteiger partial charge in [-0.25, -0.2) is 12.8 Å². The van der Waals surface area contributed by atoms with E-state index in [9.17, 15) is 17.6 Å². The van der Waals surface area contributed by atoms with Gasteiger partial charge in [0.2, 0.25) is 5.91 Å². The Morgan fingerprint density at radius 2 is 1.94 bits per heavy atom. The molecule has 0 fully saturated rings. The molecule has 6 heteroatoms. The number of amides is 1. The maximum absolute atomic E-state index is 12.8. The summed E-state index contributed by atoms with van der Waals surface area (Å²) < 4.78 is 35.6. The van der Waals surface area contributed by atoms with Crippen LogP contribution in [0.5, 0.6) is 0 Å². The lowest BCUT2D eigenvalue weighted by Gasteiger charge is -2.26. The monoisotopic (exact) mass is 269 g/mol. The predicted octanol–water partition coefficient (Wildman–Crippen LogP) is 1.49. The molecule has 1 aliphatic rings. The highest BCUT2D eigenvalue weighted by Gasteiger charge is 2.29. The first-order chi connectivity index (χ1) is 8.39. The quantitative estimate of drug-likeness (QED) is 0.817. The Morgan fingerprint density at radius 3 is 2.39 bits per heavy atom. The van der Waals surface area contributed by atoms with Gasteiger partial charge in [0, 0.05) is 18.0 Å². The summed E-state index contributed by atoms with van der Waals surface area (Å²) in [5.41, 5.74) is 0.482. The molecule has 0 saturated carbocycles. The molecular formula is C12H12FNO3S. The van der Waals surface area contributed by atoms with Gasteiger partial charge in [-0.2, -0.15) is 0 Å². The van der Waals surface area contributed by atoms with Crippen LogP contribution in [-0.2, 0) is 14.6 Å². The predicted molar refractivity (Wildman–Crippen MR) is 66.3 cm³/mol. The molecule has 1 atom stereocenters. The van der Waals surface area contributed by atoms with E-state index in [0.717, 1.165) is 5.41 Å². The zero-order valence-corrected chi connectivity index (χ0v) is 10.5. The molecule has 1 aromatic rings. The number of nitrogens with zero attached hydrogens (tertiary/aromatic N) is 1. The van der Waals surface area contributed by atoms with Crippen molar-refractivity contribution in [3.8, 4) is 0 Å². The minimum atomic E-state index is -3.24. The van der Waals surface area contributed by atoms with Crippen molar-refractivity contribution < 1.29 is 17.6 Å². The van der Waals surface area contributed by atoms with Crippen LogP contribution in [0.25, 0.3) is 0 Å². The van der Waals surface area contributed by atoms with Gasteiger partial charge in [-0.15, -0.1) is 0 Å². The number of rotatable bonds is 2. The molecule has 1 heterocycles. The summed E-state index contributed by atoms with van der Waals surface area (Å²) in [6.07, 6.45) is 1.47. The highest BCUT2D eigenvalue weighted by Crippen LogP contribution is 2.23. The van der Waals surface area contributed by atoms with Crippen LogP contribution in [0.2, 0.25) is 0 Å². The molecule has 1 amide bonds. The van der Waals surface area contributed by atoms with Crippen molar-refractivity contribution in [2.24, 2.45) is 0 Å². The fourth-order valence-electron chi connectivity index (χ4n) is 1.93. The minimum Gasteiger partial charge on any atom is -0.305 e. The maximum atomic E-state index is 12.8. The van der Waals surface area contributed by atoms with Crippen molar-refractivity contribution in [2.45, 2.75) is 13.0 Å². The van der Waals surface area contributed by atoms with Crippen molar-refractivity contribution in [1.29, 1.82) is 0 Å². The molecule has 0 bridgehead atoms. The molecule has 0 radical (unpaired) electrons. The number of hydrogen-bond donors (Lipinski definition) is 0. The van der Waals surface area contributed by atoms with E-state index in [1.165, 1.54) is 42.2 Å². The number of sulfone groups is 1. The number of halogens is 1. The SMILES string of the molecule is CC(=O)N(c1ccc(F)cc1)C1C=CS(=O)(=O)C1. The molecule has 4 nitrogen and oxygen atoms in total. The lowest BCUT2D eigenvalue weighted by Crippen LogP contribution is -2.39. The van der Waals surface area contributed by atoms with Crippen LogP contribution >= 0.6 is 0 Å². The Bertz CT molecular complexity index is 592. The molecule has 1 aromatic carbocycles. The lowest BCUT2D eigenvalue weighted by molar-refractivity contribution is -0.116. The van der Waals surface area contributed by atoms with Crippen LogP contribution in [0.3, 0.4) is 0 Å². The average Bonchev–Trinajstić information content (AvgIpc) is 2.61. The molecular weight excluding hydrogens is 257 g/mol. The first kappa shape index (κ1) is 12.8. The van der Waals surface area contributed by atoms with Crippen LogP contribution in [0, 0.1) is 5.82 Å². The molecule has 1 aliphatic heterocycles. The highest BCUT2D eigenvalue weighted by molar-refractivity contribution is 7.94. The zero-order chi connectivity index (χ0) is 13.3. The highest BCUT2D eigenvalue weighted by atomic mass is 32.2. The van der Waals surface area contributed by atoms with Gasteiger partial charge in [-0.1, -0.05) is 0 Å². The number of carbonyl (C=O) groups is 1. The molecule has 1 unspecified atom stereocenters. The van der Waals surface area contributed by atoms with Gasteiger partial charge in [-0.05, 0) is 30.3 Å². The van der Waals surface area contributed by atoms with Gasteiger partial charge in [0.05, 0.1) is 11.8 Å². The smallest absolute Gasteiger partial charge is 0.224 e. The summed E-state index contributed by atoms with van der Waals surface area (Å²) >= 11 is 0. The van der Waals surface area contributed by atoms with Crippen LogP contribution in [0.1, 0.15) is 6.92 Å². The fraction of sp³-hybridized carbons (Fsp3) is 0.250. The number of hydrogen-bond acceptors (Lipinski definition) is 3. The van der Waals surface area contributed by atoms with Gasteiger partial charge in [0.1, 0.15) is 5.82 Å². The van der Waals surface area contributed by atoms with Gasteiger partial charge in [0.15, 0.2) is 9.84 Å². The Hall–Kier alpha value is -1.69. The first-order valence-corrected chi connectivity index (χ1v) is 7.07. The van der Waals surface area contributed by atoms with Crippen molar-refractivity contribution in [3.05, 3.63) is 41.6 Å². The third kappa shape index (κ3) is 2.59. The second kappa shape index (κ2) is 4.53. The molecule has 0 spiro atoms. The topological polar surface area (TPSA) is 54.5 Å². The van der Waals surface area contributed by atoms with E-state index in [-0.39, 0.29) is 11.7 Å². The van der Waals surface area contributed by atoms with Gasteiger partial charge < -0.3 is 4.90 Å². The minimum absolute atomic E-state index is 0.135. The first-order valence-electron chi connectivity index (χ1n) is 5.35. The second-order valence-corrected chi connectivity index (χ2v) is 6.02. The normalized spacial score (nSPS) is 20.9. The molecule has 0 saturated heterocycles. The second-order valence-electron chi connectivity index (χ2n) is 4.09. The van der Waals surface area contributed by atoms with Gasteiger partial charge in [0.25, 0.3) is 0 Å². The molecule has 96 valence electrons. The van der Waals surface area contributed by atoms with E-state index in [1.54, 1.807) is 0 Å². The summed E-state index contributed by atoms with van der Waals surface area (Å²) in [6.45, 7) is 1.35. The third-order valence-corrected chi connectivity index (χ3v) is 4.06. The number of benzene rings is 1. The van der Waals surface area contributed by atoms with E-state index >= 15 is 0 Å². The molecule has 18 heavy (non-hydrogen) atoms. The molecule has 0 N–H and O–H groups in total. The summed E-state index contributed by atoms with van der Waals surface area (Å²) in [6, 6.07) is 4.85. The molecule has 2 rings (SSSR count). The Kier molecular flexibility index (Phi) is 3.21. The van der Waals surface area contributed by atoms with Crippen molar-refractivity contribution in [3.63, 3.8) is 0 Å². The van der Waals surface area contributed by atoms with Crippen molar-refractivity contribution >= 4 is 21.4 Å².